The van der Waals surface area contributed by atoms with Crippen molar-refractivity contribution in [1.82, 2.24) is 14.6 Å². The summed E-state index contributed by atoms with van der Waals surface area (Å²) in [6.45, 7) is 0. The van der Waals surface area contributed by atoms with E-state index in [4.69, 9.17) is 5.26 Å². The molecule has 8 heteroatoms. The topological polar surface area (TPSA) is 66.0 Å². The van der Waals surface area contributed by atoms with Crippen molar-refractivity contribution in [3.05, 3.63) is 48.2 Å². The minimum atomic E-state index is -4.40. The highest BCUT2D eigenvalue weighted by Gasteiger charge is 2.30. The lowest BCUT2D eigenvalue weighted by molar-refractivity contribution is -0.137. The Morgan fingerprint density at radius 3 is 2.61 bits per heavy atom. The highest BCUT2D eigenvalue weighted by Crippen LogP contribution is 2.32. The van der Waals surface area contributed by atoms with Crippen molar-refractivity contribution >= 4 is 11.5 Å². The fraction of sp³-hybridized carbons (Fsp3) is 0.350. The molecule has 1 aliphatic rings. The molecule has 144 valence electrons. The second-order valence-electron chi connectivity index (χ2n) is 7.03. The van der Waals surface area contributed by atoms with E-state index in [1.54, 1.807) is 16.6 Å². The van der Waals surface area contributed by atoms with Crippen molar-refractivity contribution in [2.45, 2.75) is 37.9 Å². The number of imidazole rings is 1. The first-order valence-corrected chi connectivity index (χ1v) is 9.12. The zero-order valence-electron chi connectivity index (χ0n) is 14.9. The van der Waals surface area contributed by atoms with Crippen molar-refractivity contribution in [2.75, 3.05) is 5.32 Å². The highest BCUT2D eigenvalue weighted by molar-refractivity contribution is 5.64. The van der Waals surface area contributed by atoms with Crippen LogP contribution < -0.4 is 5.32 Å². The lowest BCUT2D eigenvalue weighted by Gasteiger charge is -2.26. The van der Waals surface area contributed by atoms with Gasteiger partial charge in [-0.2, -0.15) is 18.4 Å². The van der Waals surface area contributed by atoms with Crippen LogP contribution in [-0.2, 0) is 6.18 Å². The summed E-state index contributed by atoms with van der Waals surface area (Å²) in [4.78, 5) is 4.25. The van der Waals surface area contributed by atoms with Crippen LogP contribution in [-0.4, -0.2) is 20.6 Å². The molecule has 1 N–H and O–H groups in total. The first-order chi connectivity index (χ1) is 13.4. The second kappa shape index (κ2) is 7.15. The van der Waals surface area contributed by atoms with Crippen LogP contribution >= 0.6 is 0 Å². The molecule has 1 aliphatic carbocycles. The predicted molar refractivity (Wildman–Crippen MR) is 98.4 cm³/mol. The molecule has 0 aliphatic heterocycles. The Balaban J connectivity index is 1.61. The number of nitriles is 1. The zero-order valence-corrected chi connectivity index (χ0v) is 14.9. The van der Waals surface area contributed by atoms with Crippen molar-refractivity contribution in [3.63, 3.8) is 0 Å². The van der Waals surface area contributed by atoms with E-state index < -0.39 is 11.7 Å². The molecule has 0 unspecified atom stereocenters. The van der Waals surface area contributed by atoms with Gasteiger partial charge in [0.05, 0.1) is 23.5 Å². The summed E-state index contributed by atoms with van der Waals surface area (Å²) in [5, 5.41) is 16.9. The first kappa shape index (κ1) is 18.3. The Kier molecular flexibility index (Phi) is 4.67. The minimum absolute atomic E-state index is 0.120. The molecular weight excluding hydrogens is 367 g/mol. The van der Waals surface area contributed by atoms with Crippen LogP contribution in [0.25, 0.3) is 16.9 Å². The summed E-state index contributed by atoms with van der Waals surface area (Å²) in [6, 6.07) is 11.3. The van der Waals surface area contributed by atoms with Crippen molar-refractivity contribution < 1.29 is 13.2 Å². The van der Waals surface area contributed by atoms with Gasteiger partial charge in [0, 0.05) is 17.5 Å². The summed E-state index contributed by atoms with van der Waals surface area (Å²) in [5.74, 6) is 0.758. The van der Waals surface area contributed by atoms with Gasteiger partial charge in [0.1, 0.15) is 5.82 Å². The molecule has 0 saturated heterocycles. The molecule has 0 atom stereocenters. The molecule has 0 radical (unpaired) electrons. The van der Waals surface area contributed by atoms with E-state index in [0.717, 1.165) is 37.8 Å². The zero-order chi connectivity index (χ0) is 19.7. The standard InChI is InChI=1S/C20H18F3N5/c21-20(22,23)15-3-1-2-14(10-15)17-12-25-19-9-8-18(27-28(17)19)26-16-6-4-13(11-24)5-7-16/h1-3,8-10,12-13,16H,4-7H2,(H,26,27). The number of benzene rings is 1. The average Bonchev–Trinajstić information content (AvgIpc) is 3.11. The summed E-state index contributed by atoms with van der Waals surface area (Å²) < 4.78 is 40.7. The molecule has 0 spiro atoms. The van der Waals surface area contributed by atoms with E-state index in [1.165, 1.54) is 12.3 Å². The lowest BCUT2D eigenvalue weighted by Crippen LogP contribution is -2.26. The molecular formula is C20H18F3N5. The lowest BCUT2D eigenvalue weighted by atomic mass is 9.87. The third kappa shape index (κ3) is 3.65. The van der Waals surface area contributed by atoms with Gasteiger partial charge in [0.15, 0.2) is 5.65 Å². The number of hydrogen-bond acceptors (Lipinski definition) is 4. The SMILES string of the molecule is N#CC1CCC(Nc2ccc3ncc(-c4cccc(C(F)(F)F)c4)n3n2)CC1. The number of nitrogens with one attached hydrogen (secondary N) is 1. The van der Waals surface area contributed by atoms with Crippen molar-refractivity contribution in [3.8, 4) is 17.3 Å². The van der Waals surface area contributed by atoms with E-state index in [-0.39, 0.29) is 12.0 Å². The van der Waals surface area contributed by atoms with E-state index in [1.807, 2.05) is 6.07 Å². The Hall–Kier alpha value is -3.08. The second-order valence-corrected chi connectivity index (χ2v) is 7.03. The van der Waals surface area contributed by atoms with Gasteiger partial charge in [-0.05, 0) is 49.9 Å². The number of anilines is 1. The number of alkyl halides is 3. The van der Waals surface area contributed by atoms with Gasteiger partial charge in [-0.1, -0.05) is 12.1 Å². The summed E-state index contributed by atoms with van der Waals surface area (Å²) in [5.41, 5.74) is 0.758. The van der Waals surface area contributed by atoms with E-state index >= 15 is 0 Å². The monoisotopic (exact) mass is 385 g/mol. The van der Waals surface area contributed by atoms with E-state index in [9.17, 15) is 13.2 Å². The van der Waals surface area contributed by atoms with Crippen LogP contribution in [0.1, 0.15) is 31.2 Å². The minimum Gasteiger partial charge on any atom is -0.366 e. The smallest absolute Gasteiger partial charge is 0.366 e. The predicted octanol–water partition coefficient (Wildman–Crippen LogP) is 4.91. The van der Waals surface area contributed by atoms with Crippen LogP contribution in [0.2, 0.25) is 0 Å². The molecule has 28 heavy (non-hydrogen) atoms. The van der Waals surface area contributed by atoms with Gasteiger partial charge in [-0.3, -0.25) is 0 Å². The molecule has 4 rings (SSSR count). The normalized spacial score (nSPS) is 20.1. The summed E-state index contributed by atoms with van der Waals surface area (Å²) in [6.07, 6.45) is 0.622. The van der Waals surface area contributed by atoms with Gasteiger partial charge >= 0.3 is 6.18 Å². The molecule has 1 aromatic carbocycles. The molecule has 2 aromatic heterocycles. The fourth-order valence-corrected chi connectivity index (χ4v) is 3.58. The maximum absolute atomic E-state index is 13.0. The molecule has 5 nitrogen and oxygen atoms in total. The largest absolute Gasteiger partial charge is 0.416 e. The number of hydrogen-bond donors (Lipinski definition) is 1. The van der Waals surface area contributed by atoms with E-state index in [0.29, 0.717) is 22.7 Å². The molecule has 1 saturated carbocycles. The van der Waals surface area contributed by atoms with Crippen LogP contribution in [0.3, 0.4) is 0 Å². The Bertz CT molecular complexity index is 1030. The quantitative estimate of drug-likeness (QED) is 0.696. The summed E-state index contributed by atoms with van der Waals surface area (Å²) in [7, 11) is 0. The Labute approximate surface area is 159 Å². The van der Waals surface area contributed by atoms with Gasteiger partial charge in [-0.25, -0.2) is 9.50 Å². The third-order valence-corrected chi connectivity index (χ3v) is 5.11. The number of rotatable bonds is 3. The van der Waals surface area contributed by atoms with Crippen molar-refractivity contribution in [1.29, 1.82) is 5.26 Å². The Morgan fingerprint density at radius 1 is 1.11 bits per heavy atom. The van der Waals surface area contributed by atoms with Crippen LogP contribution in [0.15, 0.2) is 42.6 Å². The third-order valence-electron chi connectivity index (χ3n) is 5.11. The number of aromatic nitrogens is 3. The molecule has 0 amide bonds. The maximum Gasteiger partial charge on any atom is 0.416 e. The fourth-order valence-electron chi connectivity index (χ4n) is 3.58. The average molecular weight is 385 g/mol. The van der Waals surface area contributed by atoms with Crippen molar-refractivity contribution in [2.24, 2.45) is 5.92 Å². The van der Waals surface area contributed by atoms with Gasteiger partial charge < -0.3 is 5.32 Å². The Morgan fingerprint density at radius 2 is 1.89 bits per heavy atom. The van der Waals surface area contributed by atoms with Crippen LogP contribution in [0, 0.1) is 17.2 Å². The van der Waals surface area contributed by atoms with Gasteiger partial charge in [0.2, 0.25) is 0 Å². The molecule has 1 fully saturated rings. The number of halogens is 3. The van der Waals surface area contributed by atoms with Crippen LogP contribution in [0.5, 0.6) is 0 Å². The number of nitrogens with zero attached hydrogens (tertiary/aromatic N) is 4. The maximum atomic E-state index is 13.0. The highest BCUT2D eigenvalue weighted by atomic mass is 19.4. The van der Waals surface area contributed by atoms with Gasteiger partial charge in [0.25, 0.3) is 0 Å². The first-order valence-electron chi connectivity index (χ1n) is 9.12. The van der Waals surface area contributed by atoms with E-state index in [2.05, 4.69) is 21.5 Å². The molecule has 2 heterocycles. The molecule has 0 bridgehead atoms. The molecule has 3 aromatic rings. The van der Waals surface area contributed by atoms with Crippen LogP contribution in [0.4, 0.5) is 19.0 Å². The number of fused-ring (bicyclic) bond motifs is 1. The van der Waals surface area contributed by atoms with Gasteiger partial charge in [-0.15, -0.1) is 5.10 Å². The summed E-state index contributed by atoms with van der Waals surface area (Å²) >= 11 is 0.